The van der Waals surface area contributed by atoms with Crippen LogP contribution < -0.4 is 5.32 Å². The lowest BCUT2D eigenvalue weighted by molar-refractivity contribution is -0.137. The minimum Gasteiger partial charge on any atom is -0.370 e. The lowest BCUT2D eigenvalue weighted by Crippen LogP contribution is -2.46. The second-order valence-electron chi connectivity index (χ2n) is 6.11. The molecule has 0 radical (unpaired) electrons. The van der Waals surface area contributed by atoms with E-state index in [1.54, 1.807) is 11.0 Å². The van der Waals surface area contributed by atoms with Crippen LogP contribution in [0.5, 0.6) is 0 Å². The minimum atomic E-state index is -0.223. The van der Waals surface area contributed by atoms with Gasteiger partial charge in [0, 0.05) is 12.1 Å². The first kappa shape index (κ1) is 17.2. The van der Waals surface area contributed by atoms with Gasteiger partial charge >= 0.3 is 0 Å². The van der Waals surface area contributed by atoms with Crippen LogP contribution in [0.3, 0.4) is 0 Å². The number of aryl methyl sites for hydroxylation is 1. The zero-order chi connectivity index (χ0) is 17.6. The number of carbonyl (C=O) groups excluding carboxylic acids is 2. The Morgan fingerprint density at radius 3 is 2.60 bits per heavy atom. The Kier molecular flexibility index (Phi) is 5.46. The highest BCUT2D eigenvalue weighted by molar-refractivity contribution is 5.97. The molecule has 1 N–H and O–H groups in total. The van der Waals surface area contributed by atoms with Crippen molar-refractivity contribution in [3.63, 3.8) is 0 Å². The summed E-state index contributed by atoms with van der Waals surface area (Å²) >= 11 is 0. The zero-order valence-corrected chi connectivity index (χ0v) is 14.3. The molecule has 25 heavy (non-hydrogen) atoms. The molecule has 0 spiro atoms. The van der Waals surface area contributed by atoms with Gasteiger partial charge in [0.2, 0.25) is 5.91 Å². The first-order valence-electron chi connectivity index (χ1n) is 8.43. The molecule has 0 aliphatic carbocycles. The Hall–Kier alpha value is -2.66. The third kappa shape index (κ3) is 4.25. The summed E-state index contributed by atoms with van der Waals surface area (Å²) in [5.41, 5.74) is 2.55. The monoisotopic (exact) mass is 338 g/mol. The van der Waals surface area contributed by atoms with E-state index < -0.39 is 0 Å². The van der Waals surface area contributed by atoms with Gasteiger partial charge in [0.15, 0.2) is 0 Å². The molecule has 0 saturated carbocycles. The molecular weight excluding hydrogens is 316 g/mol. The largest absolute Gasteiger partial charge is 0.370 e. The molecule has 1 fully saturated rings. The van der Waals surface area contributed by atoms with Gasteiger partial charge in [-0.2, -0.15) is 0 Å². The van der Waals surface area contributed by atoms with E-state index in [4.69, 9.17) is 4.74 Å². The highest BCUT2D eigenvalue weighted by Crippen LogP contribution is 2.21. The Balaban J connectivity index is 1.56. The summed E-state index contributed by atoms with van der Waals surface area (Å²) in [4.78, 5) is 26.4. The number of morpholine rings is 1. The van der Waals surface area contributed by atoms with Crippen molar-refractivity contribution >= 4 is 11.8 Å². The van der Waals surface area contributed by atoms with Crippen LogP contribution in [0, 0.1) is 6.92 Å². The lowest BCUT2D eigenvalue weighted by Gasteiger charge is -2.33. The first-order chi connectivity index (χ1) is 12.1. The number of amides is 2. The fourth-order valence-electron chi connectivity index (χ4n) is 2.94. The number of benzene rings is 2. The molecule has 2 amide bonds. The molecule has 2 aromatic rings. The number of hydrogen-bond acceptors (Lipinski definition) is 3. The molecule has 5 nitrogen and oxygen atoms in total. The molecule has 130 valence electrons. The van der Waals surface area contributed by atoms with E-state index in [0.717, 1.165) is 11.1 Å². The molecule has 2 aromatic carbocycles. The molecule has 1 aliphatic rings. The van der Waals surface area contributed by atoms with Crippen molar-refractivity contribution in [3.8, 4) is 0 Å². The predicted octanol–water partition coefficient (Wildman–Crippen LogP) is 2.32. The van der Waals surface area contributed by atoms with Gasteiger partial charge in [0.1, 0.15) is 6.10 Å². The number of nitrogens with zero attached hydrogens (tertiary/aromatic N) is 1. The van der Waals surface area contributed by atoms with E-state index in [-0.39, 0.29) is 24.5 Å². The van der Waals surface area contributed by atoms with E-state index in [0.29, 0.717) is 25.3 Å². The van der Waals surface area contributed by atoms with Gasteiger partial charge in [-0.15, -0.1) is 0 Å². The normalized spacial score (nSPS) is 17.2. The molecule has 0 bridgehead atoms. The molecule has 0 unspecified atom stereocenters. The number of carbonyl (C=O) groups is 2. The van der Waals surface area contributed by atoms with Gasteiger partial charge in [-0.25, -0.2) is 0 Å². The maximum atomic E-state index is 12.5. The highest BCUT2D eigenvalue weighted by atomic mass is 16.5. The van der Waals surface area contributed by atoms with Crippen LogP contribution in [0.2, 0.25) is 0 Å². The third-order valence-corrected chi connectivity index (χ3v) is 4.38. The van der Waals surface area contributed by atoms with Crippen molar-refractivity contribution in [2.45, 2.75) is 13.0 Å². The SMILES string of the molecule is Cc1ccccc1C(=O)NCC(=O)N1CCO[C@@H](c2ccccc2)C1. The zero-order valence-electron chi connectivity index (χ0n) is 14.3. The van der Waals surface area contributed by atoms with Gasteiger partial charge in [0.05, 0.1) is 19.7 Å². The van der Waals surface area contributed by atoms with Crippen molar-refractivity contribution in [1.82, 2.24) is 10.2 Å². The Morgan fingerprint density at radius 1 is 1.12 bits per heavy atom. The van der Waals surface area contributed by atoms with Crippen LogP contribution in [0.15, 0.2) is 54.6 Å². The van der Waals surface area contributed by atoms with Crippen molar-refractivity contribution in [1.29, 1.82) is 0 Å². The topological polar surface area (TPSA) is 58.6 Å². The van der Waals surface area contributed by atoms with Crippen molar-refractivity contribution < 1.29 is 14.3 Å². The lowest BCUT2D eigenvalue weighted by atomic mass is 10.1. The number of ether oxygens (including phenoxy) is 1. The van der Waals surface area contributed by atoms with Crippen LogP contribution in [0.25, 0.3) is 0 Å². The van der Waals surface area contributed by atoms with Gasteiger partial charge < -0.3 is 15.0 Å². The van der Waals surface area contributed by atoms with Crippen LogP contribution >= 0.6 is 0 Å². The fourth-order valence-corrected chi connectivity index (χ4v) is 2.94. The Morgan fingerprint density at radius 2 is 1.84 bits per heavy atom. The third-order valence-electron chi connectivity index (χ3n) is 4.38. The summed E-state index contributed by atoms with van der Waals surface area (Å²) in [5.74, 6) is -0.314. The smallest absolute Gasteiger partial charge is 0.251 e. The van der Waals surface area contributed by atoms with Crippen molar-refractivity contribution in [2.24, 2.45) is 0 Å². The molecular formula is C20H22N2O3. The maximum absolute atomic E-state index is 12.5. The molecule has 1 atom stereocenters. The molecule has 1 aliphatic heterocycles. The molecule has 5 heteroatoms. The van der Waals surface area contributed by atoms with E-state index in [1.807, 2.05) is 55.5 Å². The van der Waals surface area contributed by atoms with Crippen molar-refractivity contribution in [2.75, 3.05) is 26.2 Å². The Labute approximate surface area is 147 Å². The van der Waals surface area contributed by atoms with E-state index in [1.165, 1.54) is 0 Å². The minimum absolute atomic E-state index is 0.00528. The fraction of sp³-hybridized carbons (Fsp3) is 0.300. The highest BCUT2D eigenvalue weighted by Gasteiger charge is 2.25. The van der Waals surface area contributed by atoms with Crippen LogP contribution in [0.1, 0.15) is 27.6 Å². The number of nitrogens with one attached hydrogen (secondary N) is 1. The van der Waals surface area contributed by atoms with Crippen LogP contribution in [0.4, 0.5) is 0 Å². The second-order valence-corrected chi connectivity index (χ2v) is 6.11. The Bertz CT molecular complexity index is 746. The average Bonchev–Trinajstić information content (AvgIpc) is 2.67. The van der Waals surface area contributed by atoms with Crippen LogP contribution in [-0.4, -0.2) is 43.0 Å². The summed E-state index contributed by atoms with van der Waals surface area (Å²) in [6.07, 6.45) is -0.119. The van der Waals surface area contributed by atoms with Gasteiger partial charge in [0.25, 0.3) is 5.91 Å². The second kappa shape index (κ2) is 7.94. The summed E-state index contributed by atoms with van der Waals surface area (Å²) in [6.45, 7) is 3.42. The van der Waals surface area contributed by atoms with Crippen LogP contribution in [-0.2, 0) is 9.53 Å². The van der Waals surface area contributed by atoms with E-state index in [9.17, 15) is 9.59 Å². The van der Waals surface area contributed by atoms with E-state index >= 15 is 0 Å². The number of rotatable bonds is 4. The summed E-state index contributed by atoms with van der Waals surface area (Å²) in [7, 11) is 0. The van der Waals surface area contributed by atoms with Gasteiger partial charge in [-0.05, 0) is 24.1 Å². The van der Waals surface area contributed by atoms with Gasteiger partial charge in [-0.3, -0.25) is 9.59 Å². The molecule has 0 aromatic heterocycles. The summed E-state index contributed by atoms with van der Waals surface area (Å²) in [6, 6.07) is 17.2. The van der Waals surface area contributed by atoms with Gasteiger partial charge in [-0.1, -0.05) is 48.5 Å². The maximum Gasteiger partial charge on any atom is 0.251 e. The van der Waals surface area contributed by atoms with Crippen molar-refractivity contribution in [3.05, 3.63) is 71.3 Å². The summed E-state index contributed by atoms with van der Waals surface area (Å²) < 4.78 is 5.77. The average molecular weight is 338 g/mol. The quantitative estimate of drug-likeness (QED) is 0.931. The standard InChI is InChI=1S/C20H22N2O3/c1-15-7-5-6-10-17(15)20(24)21-13-19(23)22-11-12-25-18(14-22)16-8-3-2-4-9-16/h2-10,18H,11-14H2,1H3,(H,21,24)/t18-/m1/s1. The van der Waals surface area contributed by atoms with E-state index in [2.05, 4.69) is 5.32 Å². The molecule has 1 heterocycles. The first-order valence-corrected chi connectivity index (χ1v) is 8.43. The molecule has 1 saturated heterocycles. The predicted molar refractivity (Wildman–Crippen MR) is 95.2 cm³/mol. The summed E-state index contributed by atoms with van der Waals surface area (Å²) in [5, 5.41) is 2.72. The molecule has 3 rings (SSSR count). The number of hydrogen-bond donors (Lipinski definition) is 1.